The minimum atomic E-state index is -1.24. The topological polar surface area (TPSA) is 117 Å². The summed E-state index contributed by atoms with van der Waals surface area (Å²) in [7, 11) is 1.41. The molecular formula is C27H24FIN4O5. The molecule has 196 valence electrons. The summed E-state index contributed by atoms with van der Waals surface area (Å²) in [5, 5.41) is 7.80. The van der Waals surface area contributed by atoms with Gasteiger partial charge in [0.2, 0.25) is 11.8 Å². The van der Waals surface area contributed by atoms with Crippen LogP contribution < -0.4 is 16.0 Å². The van der Waals surface area contributed by atoms with Crippen LogP contribution in [0.5, 0.6) is 0 Å². The summed E-state index contributed by atoms with van der Waals surface area (Å²) in [5.74, 6) is -2.29. The van der Waals surface area contributed by atoms with Crippen LogP contribution in [-0.2, 0) is 25.5 Å². The number of halogens is 2. The molecule has 3 aromatic rings. The van der Waals surface area contributed by atoms with Gasteiger partial charge in [-0.05, 0) is 64.0 Å². The average Bonchev–Trinajstić information content (AvgIpc) is 3.19. The Balaban J connectivity index is 1.58. The molecule has 11 heteroatoms. The summed E-state index contributed by atoms with van der Waals surface area (Å²) in [6.45, 7) is -0.106. The van der Waals surface area contributed by atoms with Gasteiger partial charge in [0.1, 0.15) is 24.5 Å². The SMILES string of the molecule is COCC(=O)Nc1ccc([C@H]2NC(=O)N(C(Cc3ccccc3)C(=O)Nc3ccc(I)cc3F)C2=O)cc1. The summed E-state index contributed by atoms with van der Waals surface area (Å²) in [6, 6.07) is 16.6. The van der Waals surface area contributed by atoms with Crippen LogP contribution in [0.2, 0.25) is 0 Å². The van der Waals surface area contributed by atoms with Crippen LogP contribution in [0.25, 0.3) is 0 Å². The first-order valence-corrected chi connectivity index (χ1v) is 12.7. The fourth-order valence-corrected chi connectivity index (χ4v) is 4.50. The van der Waals surface area contributed by atoms with E-state index in [-0.39, 0.29) is 24.6 Å². The smallest absolute Gasteiger partial charge is 0.325 e. The number of methoxy groups -OCH3 is 1. The second-order valence-electron chi connectivity index (χ2n) is 8.51. The summed E-state index contributed by atoms with van der Waals surface area (Å²) in [4.78, 5) is 52.5. The van der Waals surface area contributed by atoms with E-state index in [4.69, 9.17) is 4.74 Å². The van der Waals surface area contributed by atoms with E-state index in [9.17, 15) is 23.6 Å². The summed E-state index contributed by atoms with van der Waals surface area (Å²) in [6.07, 6.45) is 0.0367. The number of urea groups is 1. The molecule has 0 aliphatic carbocycles. The van der Waals surface area contributed by atoms with Gasteiger partial charge in [-0.25, -0.2) is 14.1 Å². The van der Waals surface area contributed by atoms with Crippen molar-refractivity contribution in [1.82, 2.24) is 10.2 Å². The monoisotopic (exact) mass is 630 g/mol. The molecule has 3 aromatic carbocycles. The zero-order valence-corrected chi connectivity index (χ0v) is 22.4. The molecule has 1 unspecified atom stereocenters. The number of amides is 5. The highest BCUT2D eigenvalue weighted by Gasteiger charge is 2.45. The quantitative estimate of drug-likeness (QED) is 0.246. The average molecular weight is 630 g/mol. The highest BCUT2D eigenvalue weighted by Crippen LogP contribution is 2.27. The van der Waals surface area contributed by atoms with Gasteiger partial charge in [-0.15, -0.1) is 0 Å². The Labute approximate surface area is 231 Å². The predicted molar refractivity (Wildman–Crippen MR) is 147 cm³/mol. The Bertz CT molecular complexity index is 1350. The molecule has 2 atom stereocenters. The number of hydrogen-bond donors (Lipinski definition) is 3. The lowest BCUT2D eigenvalue weighted by molar-refractivity contribution is -0.134. The summed E-state index contributed by atoms with van der Waals surface area (Å²) in [5.41, 5.74) is 1.63. The molecular weight excluding hydrogens is 606 g/mol. The maximum absolute atomic E-state index is 14.5. The molecule has 5 amide bonds. The van der Waals surface area contributed by atoms with Gasteiger partial charge in [0.25, 0.3) is 5.91 Å². The minimum Gasteiger partial charge on any atom is -0.375 e. The fraction of sp³-hybridized carbons (Fsp3) is 0.185. The third-order valence-corrected chi connectivity index (χ3v) is 6.52. The van der Waals surface area contributed by atoms with Crippen LogP contribution in [0.4, 0.5) is 20.6 Å². The number of nitrogens with zero attached hydrogens (tertiary/aromatic N) is 1. The van der Waals surface area contributed by atoms with E-state index in [0.29, 0.717) is 14.8 Å². The maximum Gasteiger partial charge on any atom is 0.325 e. The standard InChI is InChI=1S/C27H24FIN4O5/c1-38-15-23(34)30-19-10-7-17(8-11-19)24-26(36)33(27(37)32-24)22(13-16-5-3-2-4-6-16)25(35)31-21-12-9-18(29)14-20(21)28/h2-12,14,22,24H,13,15H2,1H3,(H,30,34)(H,31,35)(H,32,37)/t22?,24-/m1/s1. The molecule has 0 saturated carbocycles. The number of ether oxygens (including phenoxy) is 1. The molecule has 1 aliphatic heterocycles. The van der Waals surface area contributed by atoms with Crippen molar-refractivity contribution in [3.8, 4) is 0 Å². The molecule has 3 N–H and O–H groups in total. The molecule has 0 aromatic heterocycles. The van der Waals surface area contributed by atoms with E-state index < -0.39 is 35.7 Å². The first-order valence-electron chi connectivity index (χ1n) is 11.6. The Morgan fingerprint density at radius 1 is 1.05 bits per heavy atom. The van der Waals surface area contributed by atoms with E-state index >= 15 is 0 Å². The van der Waals surface area contributed by atoms with Crippen molar-refractivity contribution in [2.24, 2.45) is 0 Å². The lowest BCUT2D eigenvalue weighted by Crippen LogP contribution is -2.49. The zero-order chi connectivity index (χ0) is 27.2. The van der Waals surface area contributed by atoms with Crippen LogP contribution >= 0.6 is 22.6 Å². The minimum absolute atomic E-state index is 0.0367. The van der Waals surface area contributed by atoms with E-state index in [1.165, 1.54) is 19.2 Å². The van der Waals surface area contributed by atoms with Crippen LogP contribution in [-0.4, -0.2) is 48.4 Å². The second-order valence-corrected chi connectivity index (χ2v) is 9.76. The Hall–Kier alpha value is -3.84. The Kier molecular flexibility index (Phi) is 8.69. The van der Waals surface area contributed by atoms with Crippen LogP contribution in [0.1, 0.15) is 17.2 Å². The van der Waals surface area contributed by atoms with Crippen molar-refractivity contribution < 1.29 is 28.3 Å². The zero-order valence-electron chi connectivity index (χ0n) is 20.2. The number of rotatable bonds is 9. The Morgan fingerprint density at radius 3 is 2.42 bits per heavy atom. The van der Waals surface area contributed by atoms with Crippen LogP contribution in [0.15, 0.2) is 72.8 Å². The van der Waals surface area contributed by atoms with Gasteiger partial charge >= 0.3 is 6.03 Å². The number of imide groups is 1. The van der Waals surface area contributed by atoms with Crippen molar-refractivity contribution in [3.05, 3.63) is 93.3 Å². The molecule has 0 spiro atoms. The van der Waals surface area contributed by atoms with E-state index in [2.05, 4.69) is 16.0 Å². The molecule has 1 fully saturated rings. The van der Waals surface area contributed by atoms with Gasteiger partial charge in [0, 0.05) is 22.8 Å². The van der Waals surface area contributed by atoms with Gasteiger partial charge in [-0.1, -0.05) is 42.5 Å². The molecule has 9 nitrogen and oxygen atoms in total. The van der Waals surface area contributed by atoms with Crippen molar-refractivity contribution in [2.75, 3.05) is 24.4 Å². The van der Waals surface area contributed by atoms with Gasteiger partial charge < -0.3 is 20.7 Å². The van der Waals surface area contributed by atoms with Gasteiger partial charge in [-0.3, -0.25) is 14.4 Å². The third-order valence-electron chi connectivity index (χ3n) is 5.85. The number of carbonyl (C=O) groups excluding carboxylic acids is 4. The number of nitrogens with one attached hydrogen (secondary N) is 3. The van der Waals surface area contributed by atoms with Crippen LogP contribution in [0, 0.1) is 9.39 Å². The summed E-state index contributed by atoms with van der Waals surface area (Å²) >= 11 is 1.95. The third kappa shape index (κ3) is 6.34. The molecule has 1 aliphatic rings. The highest BCUT2D eigenvalue weighted by atomic mass is 127. The maximum atomic E-state index is 14.5. The Morgan fingerprint density at radius 2 is 1.76 bits per heavy atom. The number of anilines is 2. The number of carbonyl (C=O) groups is 4. The van der Waals surface area contributed by atoms with Crippen molar-refractivity contribution in [2.45, 2.75) is 18.5 Å². The van der Waals surface area contributed by atoms with Gasteiger partial charge in [0.05, 0.1) is 5.69 Å². The molecule has 4 rings (SSSR count). The first-order chi connectivity index (χ1) is 18.3. The highest BCUT2D eigenvalue weighted by molar-refractivity contribution is 14.1. The molecule has 0 bridgehead atoms. The normalized spacial score (nSPS) is 15.7. The van der Waals surface area contributed by atoms with Gasteiger partial charge in [-0.2, -0.15) is 0 Å². The molecule has 0 radical (unpaired) electrons. The number of benzene rings is 3. The first kappa shape index (κ1) is 27.2. The lowest BCUT2D eigenvalue weighted by Gasteiger charge is -2.25. The van der Waals surface area contributed by atoms with Crippen molar-refractivity contribution in [3.63, 3.8) is 0 Å². The van der Waals surface area contributed by atoms with Crippen molar-refractivity contribution >= 4 is 57.7 Å². The lowest BCUT2D eigenvalue weighted by atomic mass is 10.0. The van der Waals surface area contributed by atoms with Crippen LogP contribution in [0.3, 0.4) is 0 Å². The molecule has 1 heterocycles. The van der Waals surface area contributed by atoms with E-state index in [1.807, 2.05) is 28.7 Å². The molecule has 1 saturated heterocycles. The number of hydrogen-bond acceptors (Lipinski definition) is 5. The van der Waals surface area contributed by atoms with Crippen molar-refractivity contribution in [1.29, 1.82) is 0 Å². The van der Waals surface area contributed by atoms with E-state index in [0.717, 1.165) is 10.5 Å². The second kappa shape index (κ2) is 12.1. The molecule has 38 heavy (non-hydrogen) atoms. The predicted octanol–water partition coefficient (Wildman–Crippen LogP) is 3.86. The fourth-order valence-electron chi connectivity index (χ4n) is 4.05. The summed E-state index contributed by atoms with van der Waals surface area (Å²) < 4.78 is 19.9. The van der Waals surface area contributed by atoms with E-state index in [1.54, 1.807) is 54.6 Å². The largest absolute Gasteiger partial charge is 0.375 e. The van der Waals surface area contributed by atoms with Gasteiger partial charge in [0.15, 0.2) is 0 Å².